The van der Waals surface area contributed by atoms with E-state index in [2.05, 4.69) is 0 Å². The highest BCUT2D eigenvalue weighted by molar-refractivity contribution is 7.91. The van der Waals surface area contributed by atoms with Crippen LogP contribution in [0.15, 0.2) is 47.4 Å². The van der Waals surface area contributed by atoms with Crippen LogP contribution in [0.3, 0.4) is 0 Å². The topological polar surface area (TPSA) is 63.6 Å². The molecule has 0 saturated heterocycles. The molecule has 0 bridgehead atoms. The highest BCUT2D eigenvalue weighted by Crippen LogP contribution is 2.49. The van der Waals surface area contributed by atoms with Crippen LogP contribution in [0.5, 0.6) is 5.75 Å². The third-order valence-corrected chi connectivity index (χ3v) is 8.24. The normalized spacial score (nSPS) is 25.8. The fourth-order valence-corrected chi connectivity index (χ4v) is 6.80. The zero-order valence-electron chi connectivity index (χ0n) is 17.2. The van der Waals surface area contributed by atoms with Crippen LogP contribution in [-0.2, 0) is 9.84 Å². The van der Waals surface area contributed by atoms with Crippen LogP contribution in [0.4, 0.5) is 4.39 Å². The summed E-state index contributed by atoms with van der Waals surface area (Å²) in [7, 11) is -2.14. The number of halogens is 1. The summed E-state index contributed by atoms with van der Waals surface area (Å²) in [6.45, 7) is 3.97. The third-order valence-electron chi connectivity index (χ3n) is 6.25. The molecule has 0 aromatic heterocycles. The summed E-state index contributed by atoms with van der Waals surface area (Å²) in [5, 5.41) is 11.6. The molecule has 3 rings (SSSR count). The van der Waals surface area contributed by atoms with Crippen molar-refractivity contribution in [2.75, 3.05) is 12.9 Å². The van der Waals surface area contributed by atoms with Gasteiger partial charge in [0, 0.05) is 11.3 Å². The maximum absolute atomic E-state index is 14.2. The van der Waals surface area contributed by atoms with Gasteiger partial charge in [-0.15, -0.1) is 0 Å². The third kappa shape index (κ3) is 4.05. The van der Waals surface area contributed by atoms with Gasteiger partial charge in [0.25, 0.3) is 0 Å². The van der Waals surface area contributed by atoms with Gasteiger partial charge in [0.2, 0.25) is 0 Å². The highest BCUT2D eigenvalue weighted by atomic mass is 32.2. The van der Waals surface area contributed by atoms with Crippen molar-refractivity contribution >= 4 is 9.84 Å². The van der Waals surface area contributed by atoms with Gasteiger partial charge < -0.3 is 9.84 Å². The number of unbranched alkanes of at least 4 members (excludes halogenated alkanes) is 1. The minimum Gasteiger partial charge on any atom is -0.497 e. The second kappa shape index (κ2) is 8.44. The molecule has 4 nitrogen and oxygen atoms in total. The average molecular weight is 421 g/mol. The van der Waals surface area contributed by atoms with E-state index in [1.54, 1.807) is 25.3 Å². The first kappa shape index (κ1) is 21.8. The summed E-state index contributed by atoms with van der Waals surface area (Å²) in [4.78, 5) is 0.109. The Hall–Kier alpha value is -1.92. The maximum atomic E-state index is 14.2. The van der Waals surface area contributed by atoms with Crippen LogP contribution in [0.25, 0.3) is 0 Å². The lowest BCUT2D eigenvalue weighted by molar-refractivity contribution is 0.0173. The molecule has 3 unspecified atom stereocenters. The summed E-state index contributed by atoms with van der Waals surface area (Å²) in [6, 6.07) is 11.0. The molecule has 2 aromatic rings. The predicted octanol–water partition coefficient (Wildman–Crippen LogP) is 4.70. The Balaban J connectivity index is 2.30. The number of ether oxygens (including phenoxy) is 1. The van der Waals surface area contributed by atoms with Crippen LogP contribution >= 0.6 is 0 Å². The zero-order valence-corrected chi connectivity index (χ0v) is 18.0. The Morgan fingerprint density at radius 3 is 2.62 bits per heavy atom. The first-order valence-corrected chi connectivity index (χ1v) is 11.8. The lowest BCUT2D eigenvalue weighted by Gasteiger charge is -2.39. The van der Waals surface area contributed by atoms with E-state index in [1.807, 2.05) is 19.9 Å². The standard InChI is InChI=1S/C23H29FO4S/c1-4-6-12-23(5-2)15-29(26,27)20-11-10-17(24)14-19(20)21(22(23)25)16-8-7-9-18(13-16)28-3/h7-11,13-14,21-22,25H,4-6,12,15H2,1-3H3. The van der Waals surface area contributed by atoms with Crippen LogP contribution in [0.1, 0.15) is 56.6 Å². The minimum absolute atomic E-state index is 0.109. The lowest BCUT2D eigenvalue weighted by atomic mass is 9.69. The first-order chi connectivity index (χ1) is 13.8. The Bertz CT molecular complexity index is 973. The van der Waals surface area contributed by atoms with Crippen molar-refractivity contribution in [1.82, 2.24) is 0 Å². The molecule has 0 amide bonds. The van der Waals surface area contributed by atoms with E-state index < -0.39 is 33.1 Å². The van der Waals surface area contributed by atoms with Crippen LogP contribution in [0.2, 0.25) is 0 Å². The Morgan fingerprint density at radius 1 is 1.21 bits per heavy atom. The summed E-state index contributed by atoms with van der Waals surface area (Å²) in [5.41, 5.74) is 0.227. The molecule has 0 saturated carbocycles. The fraction of sp³-hybridized carbons (Fsp3) is 0.478. The number of methoxy groups -OCH3 is 1. The van der Waals surface area contributed by atoms with Crippen molar-refractivity contribution < 1.29 is 22.7 Å². The summed E-state index contributed by atoms with van der Waals surface area (Å²) >= 11 is 0. The predicted molar refractivity (Wildman–Crippen MR) is 112 cm³/mol. The van der Waals surface area contributed by atoms with E-state index in [0.717, 1.165) is 18.4 Å². The summed E-state index contributed by atoms with van der Waals surface area (Å²) in [5.74, 6) is -0.714. The van der Waals surface area contributed by atoms with Crippen molar-refractivity contribution in [2.45, 2.75) is 56.4 Å². The molecule has 1 aliphatic rings. The monoisotopic (exact) mass is 420 g/mol. The van der Waals surface area contributed by atoms with Gasteiger partial charge in [-0.3, -0.25) is 0 Å². The van der Waals surface area contributed by atoms with E-state index in [1.165, 1.54) is 18.2 Å². The average Bonchev–Trinajstić information content (AvgIpc) is 2.77. The zero-order chi connectivity index (χ0) is 21.2. The largest absolute Gasteiger partial charge is 0.497 e. The molecule has 1 aliphatic heterocycles. The van der Waals surface area contributed by atoms with E-state index in [0.29, 0.717) is 24.2 Å². The van der Waals surface area contributed by atoms with E-state index in [9.17, 15) is 17.9 Å². The van der Waals surface area contributed by atoms with Crippen LogP contribution in [-0.4, -0.2) is 32.5 Å². The maximum Gasteiger partial charge on any atom is 0.179 e. The number of aliphatic hydroxyl groups is 1. The molecule has 0 fully saturated rings. The van der Waals surface area contributed by atoms with Gasteiger partial charge in [-0.05, 0) is 54.3 Å². The number of fused-ring (bicyclic) bond motifs is 1. The minimum atomic E-state index is -3.69. The van der Waals surface area contributed by atoms with E-state index >= 15 is 0 Å². The molecule has 1 heterocycles. The van der Waals surface area contributed by atoms with E-state index in [-0.39, 0.29) is 10.6 Å². The van der Waals surface area contributed by atoms with E-state index in [4.69, 9.17) is 4.74 Å². The molecule has 2 aromatic carbocycles. The van der Waals surface area contributed by atoms with Crippen LogP contribution < -0.4 is 4.74 Å². The molecule has 0 aliphatic carbocycles. The molecule has 158 valence electrons. The Kier molecular flexibility index (Phi) is 6.34. The van der Waals surface area contributed by atoms with Gasteiger partial charge >= 0.3 is 0 Å². The molecular formula is C23H29FO4S. The van der Waals surface area contributed by atoms with Crippen molar-refractivity contribution in [1.29, 1.82) is 0 Å². The second-order valence-corrected chi connectivity index (χ2v) is 9.92. The summed E-state index contributed by atoms with van der Waals surface area (Å²) < 4.78 is 46.2. The number of hydrogen-bond acceptors (Lipinski definition) is 4. The van der Waals surface area contributed by atoms with Crippen molar-refractivity contribution in [2.24, 2.45) is 5.41 Å². The number of hydrogen-bond donors (Lipinski definition) is 1. The SMILES string of the molecule is CCCCC1(CC)CS(=O)(=O)c2ccc(F)cc2C(c2cccc(OC)c2)C1O. The van der Waals surface area contributed by atoms with Crippen molar-refractivity contribution in [3.05, 3.63) is 59.4 Å². The summed E-state index contributed by atoms with van der Waals surface area (Å²) in [6.07, 6.45) is 1.86. The van der Waals surface area contributed by atoms with Crippen LogP contribution in [0, 0.1) is 11.2 Å². The fourth-order valence-electron chi connectivity index (χ4n) is 4.54. The smallest absolute Gasteiger partial charge is 0.179 e. The molecule has 3 atom stereocenters. The van der Waals surface area contributed by atoms with Gasteiger partial charge in [-0.1, -0.05) is 38.8 Å². The number of rotatable bonds is 6. The van der Waals surface area contributed by atoms with Crippen molar-refractivity contribution in [3.8, 4) is 5.75 Å². The van der Waals surface area contributed by atoms with Gasteiger partial charge in [0.1, 0.15) is 11.6 Å². The molecular weight excluding hydrogens is 391 g/mol. The van der Waals surface area contributed by atoms with Gasteiger partial charge in [-0.25, -0.2) is 12.8 Å². The molecule has 1 N–H and O–H groups in total. The van der Waals surface area contributed by atoms with Gasteiger partial charge in [0.05, 0.1) is 23.9 Å². The molecule has 6 heteroatoms. The first-order valence-electron chi connectivity index (χ1n) is 10.1. The Morgan fingerprint density at radius 2 is 1.97 bits per heavy atom. The van der Waals surface area contributed by atoms with Gasteiger partial charge in [-0.2, -0.15) is 0 Å². The van der Waals surface area contributed by atoms with Crippen molar-refractivity contribution in [3.63, 3.8) is 0 Å². The molecule has 29 heavy (non-hydrogen) atoms. The second-order valence-electron chi connectivity index (χ2n) is 7.96. The lowest BCUT2D eigenvalue weighted by Crippen LogP contribution is -2.42. The number of aliphatic hydroxyl groups excluding tert-OH is 1. The Labute approximate surface area is 172 Å². The number of benzene rings is 2. The quantitative estimate of drug-likeness (QED) is 0.688. The van der Waals surface area contributed by atoms with Gasteiger partial charge in [0.15, 0.2) is 9.84 Å². The number of sulfone groups is 1. The molecule has 0 spiro atoms. The highest BCUT2D eigenvalue weighted by Gasteiger charge is 2.49. The molecule has 0 radical (unpaired) electrons.